The summed E-state index contributed by atoms with van der Waals surface area (Å²) >= 11 is 0. The molecule has 1 heterocycles. The highest BCUT2D eigenvalue weighted by Gasteiger charge is 2.47. The number of aliphatic carboxylic acids is 1. The Hall–Kier alpha value is -2.08. The highest BCUT2D eigenvalue weighted by molar-refractivity contribution is 5.84. The molecule has 0 saturated carbocycles. The van der Waals surface area contributed by atoms with Crippen LogP contribution in [0, 0.1) is 11.3 Å². The summed E-state index contributed by atoms with van der Waals surface area (Å²) in [6.45, 7) is 5.60. The molecule has 0 spiro atoms. The Morgan fingerprint density at radius 3 is 2.61 bits per heavy atom. The summed E-state index contributed by atoms with van der Waals surface area (Å²) in [5.41, 5.74) is 0.344. The van der Waals surface area contributed by atoms with Gasteiger partial charge in [0, 0.05) is 5.41 Å². The molecule has 0 aliphatic carbocycles. The number of esters is 1. The van der Waals surface area contributed by atoms with Crippen LogP contribution >= 0.6 is 0 Å². The molecule has 0 radical (unpaired) electrons. The van der Waals surface area contributed by atoms with Crippen molar-refractivity contribution in [3.05, 3.63) is 29.8 Å². The molecule has 1 aromatic rings. The highest BCUT2D eigenvalue weighted by Crippen LogP contribution is 2.33. The molecule has 2 unspecified atom stereocenters. The summed E-state index contributed by atoms with van der Waals surface area (Å²) in [6, 6.07) is 7.09. The van der Waals surface area contributed by atoms with E-state index in [1.165, 1.54) is 0 Å². The lowest BCUT2D eigenvalue weighted by Crippen LogP contribution is -2.35. The first-order valence-electron chi connectivity index (χ1n) is 7.44. The van der Waals surface area contributed by atoms with Gasteiger partial charge in [-0.15, -0.1) is 0 Å². The smallest absolute Gasteiger partial charge is 0.338 e. The minimum Gasteiger partial charge on any atom is -0.497 e. The van der Waals surface area contributed by atoms with E-state index in [4.69, 9.17) is 14.2 Å². The third-order valence-corrected chi connectivity index (χ3v) is 3.71. The van der Waals surface area contributed by atoms with Gasteiger partial charge in [0.25, 0.3) is 0 Å². The minimum absolute atomic E-state index is 0.156. The van der Waals surface area contributed by atoms with E-state index in [9.17, 15) is 14.7 Å². The molecule has 1 aliphatic heterocycles. The highest BCUT2D eigenvalue weighted by atomic mass is 16.8. The van der Waals surface area contributed by atoms with Crippen LogP contribution in [-0.2, 0) is 25.5 Å². The molecule has 1 saturated heterocycles. The van der Waals surface area contributed by atoms with Crippen LogP contribution in [0.2, 0.25) is 0 Å². The summed E-state index contributed by atoms with van der Waals surface area (Å²) < 4.78 is 15.9. The topological polar surface area (TPSA) is 82.1 Å². The summed E-state index contributed by atoms with van der Waals surface area (Å²) in [5, 5.41) is 9.51. The Kier molecular flexibility index (Phi) is 4.94. The Morgan fingerprint density at radius 1 is 1.39 bits per heavy atom. The van der Waals surface area contributed by atoms with Crippen molar-refractivity contribution in [2.45, 2.75) is 39.6 Å². The normalized spacial score (nSPS) is 22.5. The SMILES string of the molecule is COc1cccc(CC(C(=O)O)C2O[C@H](C(C)(C)C)OC2=O)c1. The average Bonchev–Trinajstić information content (AvgIpc) is 2.86. The van der Waals surface area contributed by atoms with Crippen LogP contribution in [0.5, 0.6) is 5.75 Å². The fourth-order valence-electron chi connectivity index (χ4n) is 2.41. The molecule has 3 atom stereocenters. The number of carboxylic acid groups (broad SMARTS) is 1. The van der Waals surface area contributed by atoms with Crippen LogP contribution in [0.1, 0.15) is 26.3 Å². The van der Waals surface area contributed by atoms with Gasteiger partial charge >= 0.3 is 11.9 Å². The lowest BCUT2D eigenvalue weighted by molar-refractivity contribution is -0.155. The van der Waals surface area contributed by atoms with Crippen LogP contribution in [0.15, 0.2) is 24.3 Å². The molecule has 0 aromatic heterocycles. The lowest BCUT2D eigenvalue weighted by atomic mass is 9.93. The number of ether oxygens (including phenoxy) is 3. The molecular formula is C17H22O6. The Bertz CT molecular complexity index is 589. The number of methoxy groups -OCH3 is 1. The maximum absolute atomic E-state index is 12.1. The van der Waals surface area contributed by atoms with Gasteiger partial charge in [-0.3, -0.25) is 4.79 Å². The van der Waals surface area contributed by atoms with E-state index >= 15 is 0 Å². The number of rotatable bonds is 5. The second-order valence-electron chi connectivity index (χ2n) is 6.69. The molecule has 1 aliphatic rings. The van der Waals surface area contributed by atoms with E-state index in [0.717, 1.165) is 5.56 Å². The van der Waals surface area contributed by atoms with Crippen molar-refractivity contribution in [2.75, 3.05) is 7.11 Å². The van der Waals surface area contributed by atoms with Crippen molar-refractivity contribution < 1.29 is 28.9 Å². The number of benzene rings is 1. The number of carbonyl (C=O) groups excluding carboxylic acids is 1. The summed E-state index contributed by atoms with van der Waals surface area (Å²) in [6.07, 6.45) is -1.70. The summed E-state index contributed by atoms with van der Waals surface area (Å²) in [5.74, 6) is -2.10. The molecule has 23 heavy (non-hydrogen) atoms. The van der Waals surface area contributed by atoms with Gasteiger partial charge in [-0.2, -0.15) is 0 Å². The average molecular weight is 322 g/mol. The molecule has 1 N–H and O–H groups in total. The van der Waals surface area contributed by atoms with Gasteiger partial charge in [-0.05, 0) is 24.1 Å². The van der Waals surface area contributed by atoms with Gasteiger partial charge < -0.3 is 19.3 Å². The number of carboxylic acids is 1. The van der Waals surface area contributed by atoms with E-state index in [1.807, 2.05) is 20.8 Å². The van der Waals surface area contributed by atoms with E-state index in [1.54, 1.807) is 31.4 Å². The van der Waals surface area contributed by atoms with Crippen molar-refractivity contribution in [2.24, 2.45) is 11.3 Å². The predicted molar refractivity (Wildman–Crippen MR) is 82.0 cm³/mol. The monoisotopic (exact) mass is 322 g/mol. The van der Waals surface area contributed by atoms with E-state index in [-0.39, 0.29) is 6.42 Å². The van der Waals surface area contributed by atoms with E-state index in [0.29, 0.717) is 5.75 Å². The maximum atomic E-state index is 12.1. The van der Waals surface area contributed by atoms with Gasteiger partial charge in [0.05, 0.1) is 13.0 Å². The van der Waals surface area contributed by atoms with Crippen LogP contribution in [0.3, 0.4) is 0 Å². The zero-order valence-electron chi connectivity index (χ0n) is 13.7. The van der Waals surface area contributed by atoms with Crippen molar-refractivity contribution in [3.8, 4) is 5.75 Å². The molecule has 1 aromatic carbocycles. The fourth-order valence-corrected chi connectivity index (χ4v) is 2.41. The van der Waals surface area contributed by atoms with Gasteiger partial charge in [0.15, 0.2) is 6.10 Å². The van der Waals surface area contributed by atoms with Gasteiger partial charge in [-0.1, -0.05) is 32.9 Å². The second kappa shape index (κ2) is 6.58. The van der Waals surface area contributed by atoms with Gasteiger partial charge in [-0.25, -0.2) is 4.79 Å². The Morgan fingerprint density at radius 2 is 2.09 bits per heavy atom. The minimum atomic E-state index is -1.11. The second-order valence-corrected chi connectivity index (χ2v) is 6.69. The summed E-state index contributed by atoms with van der Waals surface area (Å²) in [7, 11) is 1.54. The molecular weight excluding hydrogens is 300 g/mol. The van der Waals surface area contributed by atoms with Crippen LogP contribution in [-0.4, -0.2) is 36.5 Å². The predicted octanol–water partition coefficient (Wildman–Crippen LogP) is 2.25. The number of hydrogen-bond donors (Lipinski definition) is 1. The van der Waals surface area contributed by atoms with E-state index < -0.39 is 35.7 Å². The molecule has 2 rings (SSSR count). The van der Waals surface area contributed by atoms with Crippen molar-refractivity contribution in [3.63, 3.8) is 0 Å². The third-order valence-electron chi connectivity index (χ3n) is 3.71. The number of hydrogen-bond acceptors (Lipinski definition) is 5. The van der Waals surface area contributed by atoms with Crippen molar-refractivity contribution in [1.82, 2.24) is 0 Å². The first kappa shape index (κ1) is 17.3. The zero-order valence-corrected chi connectivity index (χ0v) is 13.7. The molecule has 0 bridgehead atoms. The largest absolute Gasteiger partial charge is 0.497 e. The van der Waals surface area contributed by atoms with Crippen molar-refractivity contribution in [1.29, 1.82) is 0 Å². The summed E-state index contributed by atoms with van der Waals surface area (Å²) in [4.78, 5) is 23.7. The van der Waals surface area contributed by atoms with E-state index in [2.05, 4.69) is 0 Å². The maximum Gasteiger partial charge on any atom is 0.338 e. The quantitative estimate of drug-likeness (QED) is 0.837. The third kappa shape index (κ3) is 4.01. The Labute approximate surface area is 135 Å². The van der Waals surface area contributed by atoms with Gasteiger partial charge in [0.2, 0.25) is 6.29 Å². The van der Waals surface area contributed by atoms with Crippen LogP contribution < -0.4 is 4.74 Å². The molecule has 126 valence electrons. The van der Waals surface area contributed by atoms with Crippen LogP contribution in [0.25, 0.3) is 0 Å². The number of cyclic esters (lactones) is 1. The first-order chi connectivity index (χ1) is 10.7. The molecule has 0 amide bonds. The zero-order chi connectivity index (χ0) is 17.2. The Balaban J connectivity index is 2.18. The number of carbonyl (C=O) groups is 2. The lowest BCUT2D eigenvalue weighted by Gasteiger charge is -2.24. The van der Waals surface area contributed by atoms with Gasteiger partial charge in [0.1, 0.15) is 5.75 Å². The van der Waals surface area contributed by atoms with Crippen molar-refractivity contribution >= 4 is 11.9 Å². The standard InChI is InChI=1S/C17H22O6/c1-17(2,3)16-22-13(15(20)23-16)12(14(18)19)9-10-6-5-7-11(8-10)21-4/h5-8,12-13,16H,9H2,1-4H3,(H,18,19)/t12?,13?,16-/m0/s1. The molecule has 1 fully saturated rings. The first-order valence-corrected chi connectivity index (χ1v) is 7.44. The van der Waals surface area contributed by atoms with Crippen LogP contribution in [0.4, 0.5) is 0 Å². The molecule has 6 heteroatoms. The molecule has 6 nitrogen and oxygen atoms in total. The fraction of sp³-hybridized carbons (Fsp3) is 0.529.